The van der Waals surface area contributed by atoms with Crippen molar-refractivity contribution in [2.45, 2.75) is 32.6 Å². The Kier molecular flexibility index (Phi) is 4.35. The minimum absolute atomic E-state index is 0.0524. The molecule has 2 heteroatoms. The van der Waals surface area contributed by atoms with E-state index in [1.165, 1.54) is 22.3 Å². The van der Waals surface area contributed by atoms with Crippen molar-refractivity contribution < 1.29 is 4.79 Å². The van der Waals surface area contributed by atoms with Gasteiger partial charge in [0.2, 0.25) is 5.91 Å². The molecule has 0 bridgehead atoms. The van der Waals surface area contributed by atoms with Gasteiger partial charge in [0.1, 0.15) is 0 Å². The van der Waals surface area contributed by atoms with E-state index < -0.39 is 0 Å². The maximum atomic E-state index is 13.1. The minimum atomic E-state index is -0.227. The number of rotatable bonds is 4. The zero-order valence-corrected chi connectivity index (χ0v) is 16.1. The first kappa shape index (κ1) is 17.5. The van der Waals surface area contributed by atoms with Gasteiger partial charge in [-0.25, -0.2) is 0 Å². The molecule has 3 aromatic rings. The maximum absolute atomic E-state index is 13.1. The fourth-order valence-electron chi connectivity index (χ4n) is 4.04. The summed E-state index contributed by atoms with van der Waals surface area (Å²) in [5, 5.41) is 3.12. The third-order valence-corrected chi connectivity index (χ3v) is 5.70. The molecule has 1 atom stereocenters. The van der Waals surface area contributed by atoms with E-state index in [4.69, 9.17) is 0 Å². The van der Waals surface area contributed by atoms with Gasteiger partial charge in [-0.3, -0.25) is 4.79 Å². The second kappa shape index (κ2) is 6.70. The van der Waals surface area contributed by atoms with Gasteiger partial charge < -0.3 is 5.32 Å². The zero-order valence-electron chi connectivity index (χ0n) is 16.1. The van der Waals surface area contributed by atoms with Crippen LogP contribution in [0.5, 0.6) is 0 Å². The van der Waals surface area contributed by atoms with Crippen LogP contribution in [0.4, 0.5) is 5.69 Å². The van der Waals surface area contributed by atoms with E-state index in [2.05, 4.69) is 67.7 Å². The molecule has 1 saturated carbocycles. The van der Waals surface area contributed by atoms with Gasteiger partial charge in [0, 0.05) is 11.1 Å². The largest absolute Gasteiger partial charge is 0.326 e. The topological polar surface area (TPSA) is 29.1 Å². The predicted molar refractivity (Wildman–Crippen MR) is 111 cm³/mol. The van der Waals surface area contributed by atoms with E-state index >= 15 is 0 Å². The number of hydrogen-bond acceptors (Lipinski definition) is 1. The molecule has 0 spiro atoms. The summed E-state index contributed by atoms with van der Waals surface area (Å²) in [7, 11) is 0. The van der Waals surface area contributed by atoms with Gasteiger partial charge in [-0.2, -0.15) is 0 Å². The second-order valence-corrected chi connectivity index (χ2v) is 7.82. The molecule has 4 rings (SSSR count). The lowest BCUT2D eigenvalue weighted by molar-refractivity contribution is -0.117. The highest BCUT2D eigenvalue weighted by molar-refractivity contribution is 5.97. The van der Waals surface area contributed by atoms with E-state index in [1.807, 2.05) is 31.2 Å². The SMILES string of the molecule is Cc1ccc(C2(c3ccc(C)cc3)CC2C(=O)Nc2cccc(C)c2)cc1. The van der Waals surface area contributed by atoms with Gasteiger partial charge in [-0.15, -0.1) is 0 Å². The standard InChI is InChI=1S/C25H25NO/c1-17-7-11-20(12-8-17)25(21-13-9-18(2)10-14-21)16-23(25)24(27)26-22-6-4-5-19(3)15-22/h4-15,23H,16H2,1-3H3,(H,26,27). The van der Waals surface area contributed by atoms with Crippen molar-refractivity contribution in [3.05, 3.63) is 101 Å². The van der Waals surface area contributed by atoms with Crippen LogP contribution in [0, 0.1) is 26.7 Å². The highest BCUT2D eigenvalue weighted by Crippen LogP contribution is 2.59. The molecular weight excluding hydrogens is 330 g/mol. The Balaban J connectivity index is 1.67. The molecule has 0 saturated heterocycles. The Labute approximate surface area is 161 Å². The first-order valence-corrected chi connectivity index (χ1v) is 9.51. The molecule has 1 N–H and O–H groups in total. The van der Waals surface area contributed by atoms with Crippen LogP contribution in [0.3, 0.4) is 0 Å². The Bertz CT molecular complexity index is 924. The van der Waals surface area contributed by atoms with Gasteiger partial charge in [-0.05, 0) is 56.0 Å². The van der Waals surface area contributed by atoms with Crippen LogP contribution in [0.15, 0.2) is 72.8 Å². The number of aryl methyl sites for hydroxylation is 3. The van der Waals surface area contributed by atoms with Crippen molar-refractivity contribution in [3.8, 4) is 0 Å². The van der Waals surface area contributed by atoms with Crippen molar-refractivity contribution in [1.29, 1.82) is 0 Å². The number of carbonyl (C=O) groups excluding carboxylic acids is 1. The summed E-state index contributed by atoms with van der Waals surface area (Å²) in [4.78, 5) is 13.1. The summed E-state index contributed by atoms with van der Waals surface area (Å²) >= 11 is 0. The third-order valence-electron chi connectivity index (χ3n) is 5.70. The van der Waals surface area contributed by atoms with E-state index in [0.29, 0.717) is 0 Å². The molecule has 136 valence electrons. The fraction of sp³-hybridized carbons (Fsp3) is 0.240. The van der Waals surface area contributed by atoms with Crippen LogP contribution in [-0.4, -0.2) is 5.91 Å². The molecule has 0 radical (unpaired) electrons. The summed E-state index contributed by atoms with van der Waals surface area (Å²) in [5.74, 6) is 0.0465. The molecule has 3 aromatic carbocycles. The minimum Gasteiger partial charge on any atom is -0.326 e. The summed E-state index contributed by atoms with van der Waals surface area (Å²) in [5.41, 5.74) is 6.71. The molecule has 27 heavy (non-hydrogen) atoms. The highest BCUT2D eigenvalue weighted by Gasteiger charge is 2.60. The quantitative estimate of drug-likeness (QED) is 0.652. The Morgan fingerprint density at radius 1 is 0.815 bits per heavy atom. The van der Waals surface area contributed by atoms with Gasteiger partial charge >= 0.3 is 0 Å². The van der Waals surface area contributed by atoms with Crippen LogP contribution >= 0.6 is 0 Å². The molecule has 1 aliphatic rings. The lowest BCUT2D eigenvalue weighted by Crippen LogP contribution is -2.22. The fourth-order valence-corrected chi connectivity index (χ4v) is 4.04. The monoisotopic (exact) mass is 355 g/mol. The van der Waals surface area contributed by atoms with Crippen molar-refractivity contribution in [2.75, 3.05) is 5.32 Å². The van der Waals surface area contributed by atoms with E-state index in [1.54, 1.807) is 0 Å². The average molecular weight is 355 g/mol. The van der Waals surface area contributed by atoms with Crippen LogP contribution in [0.1, 0.15) is 34.2 Å². The second-order valence-electron chi connectivity index (χ2n) is 7.82. The Hall–Kier alpha value is -2.87. The molecule has 1 aliphatic carbocycles. The van der Waals surface area contributed by atoms with Crippen LogP contribution in [-0.2, 0) is 10.2 Å². The summed E-state index contributed by atoms with van der Waals surface area (Å²) in [6, 6.07) is 25.2. The lowest BCUT2D eigenvalue weighted by atomic mass is 9.85. The number of hydrogen-bond donors (Lipinski definition) is 1. The van der Waals surface area contributed by atoms with Gasteiger partial charge in [0.15, 0.2) is 0 Å². The maximum Gasteiger partial charge on any atom is 0.228 e. The smallest absolute Gasteiger partial charge is 0.228 e. The van der Waals surface area contributed by atoms with Crippen molar-refractivity contribution in [3.63, 3.8) is 0 Å². The van der Waals surface area contributed by atoms with E-state index in [0.717, 1.165) is 17.7 Å². The molecule has 0 heterocycles. The first-order valence-electron chi connectivity index (χ1n) is 9.51. The molecule has 1 unspecified atom stereocenters. The van der Waals surface area contributed by atoms with E-state index in [-0.39, 0.29) is 17.2 Å². The van der Waals surface area contributed by atoms with Crippen molar-refractivity contribution in [2.24, 2.45) is 5.92 Å². The Morgan fingerprint density at radius 2 is 1.37 bits per heavy atom. The predicted octanol–water partition coefficient (Wildman–Crippen LogP) is 5.56. The Morgan fingerprint density at radius 3 is 1.89 bits per heavy atom. The highest BCUT2D eigenvalue weighted by atomic mass is 16.2. The average Bonchev–Trinajstić information content (AvgIpc) is 3.40. The molecular formula is C25H25NO. The summed E-state index contributed by atoms with van der Waals surface area (Å²) < 4.78 is 0. The van der Waals surface area contributed by atoms with Crippen LogP contribution < -0.4 is 5.32 Å². The zero-order chi connectivity index (χ0) is 19.0. The number of nitrogens with one attached hydrogen (secondary N) is 1. The molecule has 1 amide bonds. The van der Waals surface area contributed by atoms with E-state index in [9.17, 15) is 4.79 Å². The normalized spacial score (nSPS) is 17.4. The number of carbonyl (C=O) groups is 1. The number of anilines is 1. The molecule has 0 aromatic heterocycles. The number of benzene rings is 3. The van der Waals surface area contributed by atoms with Crippen LogP contribution in [0.2, 0.25) is 0 Å². The van der Waals surface area contributed by atoms with Crippen LogP contribution in [0.25, 0.3) is 0 Å². The lowest BCUT2D eigenvalue weighted by Gasteiger charge is -2.19. The first-order chi connectivity index (χ1) is 13.0. The number of amides is 1. The van der Waals surface area contributed by atoms with Gasteiger partial charge in [-0.1, -0.05) is 71.8 Å². The van der Waals surface area contributed by atoms with Gasteiger partial charge in [0.25, 0.3) is 0 Å². The van der Waals surface area contributed by atoms with Gasteiger partial charge in [0.05, 0.1) is 5.92 Å². The summed E-state index contributed by atoms with van der Waals surface area (Å²) in [6.45, 7) is 6.23. The molecule has 2 nitrogen and oxygen atoms in total. The molecule has 0 aliphatic heterocycles. The molecule has 1 fully saturated rings. The summed E-state index contributed by atoms with van der Waals surface area (Å²) in [6.07, 6.45) is 0.844. The van der Waals surface area contributed by atoms with Crippen molar-refractivity contribution >= 4 is 11.6 Å². The van der Waals surface area contributed by atoms with Crippen molar-refractivity contribution in [1.82, 2.24) is 0 Å². The third kappa shape index (κ3) is 3.28.